The zero-order valence-electron chi connectivity index (χ0n) is 15.0. The van der Waals surface area contributed by atoms with Gasteiger partial charge in [0.25, 0.3) is 0 Å². The SMILES string of the molecule is CN(CC(=O)N1CCC(C(=O)O)CC1)C(=O)[C@H]1C[C@H]1c1cccc(F)c1F. The van der Waals surface area contributed by atoms with Gasteiger partial charge in [-0.25, -0.2) is 8.78 Å². The van der Waals surface area contributed by atoms with Crippen molar-refractivity contribution in [2.75, 3.05) is 26.7 Å². The summed E-state index contributed by atoms with van der Waals surface area (Å²) in [5.41, 5.74) is 0.198. The number of halogens is 2. The molecular formula is C19H22F2N2O4. The largest absolute Gasteiger partial charge is 0.481 e. The van der Waals surface area contributed by atoms with Crippen LogP contribution in [0.4, 0.5) is 8.78 Å². The van der Waals surface area contributed by atoms with Crippen LogP contribution in [0.2, 0.25) is 0 Å². The molecule has 8 heteroatoms. The van der Waals surface area contributed by atoms with Crippen molar-refractivity contribution in [3.05, 3.63) is 35.4 Å². The monoisotopic (exact) mass is 380 g/mol. The van der Waals surface area contributed by atoms with E-state index in [1.165, 1.54) is 24.1 Å². The zero-order valence-corrected chi connectivity index (χ0v) is 15.0. The Morgan fingerprint density at radius 3 is 2.52 bits per heavy atom. The fourth-order valence-electron chi connectivity index (χ4n) is 3.66. The summed E-state index contributed by atoms with van der Waals surface area (Å²) in [5.74, 6) is -4.44. The Kier molecular flexibility index (Phi) is 5.43. The molecule has 1 aromatic rings. The first-order valence-electron chi connectivity index (χ1n) is 8.99. The molecule has 2 amide bonds. The molecule has 0 bridgehead atoms. The first-order chi connectivity index (χ1) is 12.8. The second-order valence-electron chi connectivity index (χ2n) is 7.28. The van der Waals surface area contributed by atoms with Gasteiger partial charge in [-0.2, -0.15) is 0 Å². The van der Waals surface area contributed by atoms with Gasteiger partial charge >= 0.3 is 5.97 Å². The summed E-state index contributed by atoms with van der Waals surface area (Å²) in [5, 5.41) is 9.00. The van der Waals surface area contributed by atoms with Gasteiger partial charge in [-0.05, 0) is 36.8 Å². The van der Waals surface area contributed by atoms with Crippen molar-refractivity contribution < 1.29 is 28.3 Å². The summed E-state index contributed by atoms with van der Waals surface area (Å²) in [6, 6.07) is 3.94. The molecular weight excluding hydrogens is 358 g/mol. The van der Waals surface area contributed by atoms with E-state index >= 15 is 0 Å². The first kappa shape index (κ1) is 19.3. The molecule has 0 aromatic heterocycles. The number of aliphatic carboxylic acids is 1. The van der Waals surface area contributed by atoms with Gasteiger partial charge in [0, 0.05) is 26.1 Å². The fourth-order valence-corrected chi connectivity index (χ4v) is 3.66. The topological polar surface area (TPSA) is 77.9 Å². The van der Waals surface area contributed by atoms with E-state index in [4.69, 9.17) is 5.11 Å². The minimum Gasteiger partial charge on any atom is -0.481 e. The van der Waals surface area contributed by atoms with Crippen molar-refractivity contribution in [1.29, 1.82) is 0 Å². The second kappa shape index (κ2) is 7.62. The lowest BCUT2D eigenvalue weighted by atomic mass is 9.97. The summed E-state index contributed by atoms with van der Waals surface area (Å²) in [7, 11) is 1.52. The molecule has 27 heavy (non-hydrogen) atoms. The number of benzene rings is 1. The predicted octanol–water partition coefficient (Wildman–Crippen LogP) is 1.85. The Morgan fingerprint density at radius 1 is 1.22 bits per heavy atom. The van der Waals surface area contributed by atoms with E-state index in [0.29, 0.717) is 32.4 Å². The molecule has 1 saturated carbocycles. The number of carboxylic acids is 1. The number of carbonyl (C=O) groups is 3. The van der Waals surface area contributed by atoms with Crippen LogP contribution in [-0.2, 0) is 14.4 Å². The van der Waals surface area contributed by atoms with Gasteiger partial charge in [-0.1, -0.05) is 12.1 Å². The number of amides is 2. The number of piperidine rings is 1. The van der Waals surface area contributed by atoms with Crippen LogP contribution < -0.4 is 0 Å². The van der Waals surface area contributed by atoms with E-state index in [-0.39, 0.29) is 29.8 Å². The molecule has 3 rings (SSSR count). The van der Waals surface area contributed by atoms with E-state index in [1.54, 1.807) is 4.90 Å². The van der Waals surface area contributed by atoms with Crippen LogP contribution in [0, 0.1) is 23.5 Å². The van der Waals surface area contributed by atoms with Crippen LogP contribution in [0.15, 0.2) is 18.2 Å². The number of carboxylic acid groups (broad SMARTS) is 1. The van der Waals surface area contributed by atoms with Gasteiger partial charge in [-0.15, -0.1) is 0 Å². The average Bonchev–Trinajstić information content (AvgIpc) is 3.43. The number of nitrogens with zero attached hydrogens (tertiary/aromatic N) is 2. The van der Waals surface area contributed by atoms with Gasteiger partial charge < -0.3 is 14.9 Å². The molecule has 2 atom stereocenters. The normalized spacial score (nSPS) is 22.4. The average molecular weight is 380 g/mol. The highest BCUT2D eigenvalue weighted by Crippen LogP contribution is 2.49. The van der Waals surface area contributed by atoms with Crippen LogP contribution in [0.1, 0.15) is 30.7 Å². The van der Waals surface area contributed by atoms with Crippen LogP contribution in [-0.4, -0.2) is 59.4 Å². The lowest BCUT2D eigenvalue weighted by molar-refractivity contribution is -0.146. The highest BCUT2D eigenvalue weighted by atomic mass is 19.2. The van der Waals surface area contributed by atoms with Gasteiger partial charge in [0.2, 0.25) is 11.8 Å². The predicted molar refractivity (Wildman–Crippen MR) is 91.8 cm³/mol. The highest BCUT2D eigenvalue weighted by Gasteiger charge is 2.47. The number of rotatable bonds is 5. The third kappa shape index (κ3) is 4.09. The standard InChI is InChI=1S/C19H22F2N2O4/c1-22(10-16(24)23-7-5-11(6-8-23)19(26)27)18(25)14-9-13(14)12-3-2-4-15(20)17(12)21/h2-4,11,13-14H,5-10H2,1H3,(H,26,27)/t13-,14-/m0/s1. The molecule has 146 valence electrons. The van der Waals surface area contributed by atoms with Crippen molar-refractivity contribution in [1.82, 2.24) is 9.80 Å². The van der Waals surface area contributed by atoms with E-state index in [9.17, 15) is 23.2 Å². The molecule has 0 radical (unpaired) electrons. The minimum atomic E-state index is -0.932. The number of carbonyl (C=O) groups excluding carboxylic acids is 2. The lowest BCUT2D eigenvalue weighted by Gasteiger charge is -2.31. The molecule has 0 spiro atoms. The molecule has 1 heterocycles. The van der Waals surface area contributed by atoms with Crippen molar-refractivity contribution in [3.63, 3.8) is 0 Å². The van der Waals surface area contributed by atoms with Crippen molar-refractivity contribution >= 4 is 17.8 Å². The van der Waals surface area contributed by atoms with Gasteiger partial charge in [0.1, 0.15) is 0 Å². The highest BCUT2D eigenvalue weighted by molar-refractivity contribution is 5.88. The van der Waals surface area contributed by atoms with Crippen LogP contribution >= 0.6 is 0 Å². The number of likely N-dealkylation sites (N-methyl/N-ethyl adjacent to an activating group) is 1. The van der Waals surface area contributed by atoms with Gasteiger partial charge in [-0.3, -0.25) is 14.4 Å². The molecule has 1 aliphatic heterocycles. The number of hydrogen-bond acceptors (Lipinski definition) is 3. The third-order valence-corrected chi connectivity index (χ3v) is 5.43. The number of likely N-dealkylation sites (tertiary alicyclic amines) is 1. The summed E-state index contributed by atoms with van der Waals surface area (Å²) >= 11 is 0. The Balaban J connectivity index is 1.52. The van der Waals surface area contributed by atoms with Crippen molar-refractivity contribution in [2.45, 2.75) is 25.2 Å². The smallest absolute Gasteiger partial charge is 0.306 e. The van der Waals surface area contributed by atoms with E-state index in [1.807, 2.05) is 0 Å². The molecule has 1 aromatic carbocycles. The van der Waals surface area contributed by atoms with E-state index in [2.05, 4.69) is 0 Å². The maximum atomic E-state index is 13.9. The lowest BCUT2D eigenvalue weighted by Crippen LogP contribution is -2.45. The quantitative estimate of drug-likeness (QED) is 0.846. The number of hydrogen-bond donors (Lipinski definition) is 1. The Bertz CT molecular complexity index is 762. The molecule has 1 saturated heterocycles. The zero-order chi connectivity index (χ0) is 19.7. The van der Waals surface area contributed by atoms with Crippen LogP contribution in [0.5, 0.6) is 0 Å². The summed E-state index contributed by atoms with van der Waals surface area (Å²) in [6.07, 6.45) is 1.24. The molecule has 2 aliphatic rings. The van der Waals surface area contributed by atoms with Crippen molar-refractivity contribution in [2.24, 2.45) is 11.8 Å². The maximum Gasteiger partial charge on any atom is 0.306 e. The molecule has 0 unspecified atom stereocenters. The van der Waals surface area contributed by atoms with Gasteiger partial charge in [0.15, 0.2) is 11.6 Å². The third-order valence-electron chi connectivity index (χ3n) is 5.43. The molecule has 1 aliphatic carbocycles. The molecule has 2 fully saturated rings. The summed E-state index contributed by atoms with van der Waals surface area (Å²) in [6.45, 7) is 0.613. The van der Waals surface area contributed by atoms with Crippen molar-refractivity contribution in [3.8, 4) is 0 Å². The van der Waals surface area contributed by atoms with Crippen LogP contribution in [0.3, 0.4) is 0 Å². The molecule has 6 nitrogen and oxygen atoms in total. The Morgan fingerprint density at radius 2 is 1.89 bits per heavy atom. The second-order valence-corrected chi connectivity index (χ2v) is 7.28. The van der Waals surface area contributed by atoms with Gasteiger partial charge in [0.05, 0.1) is 12.5 Å². The Labute approximate surface area is 155 Å². The van der Waals surface area contributed by atoms with E-state index in [0.717, 1.165) is 6.07 Å². The van der Waals surface area contributed by atoms with Crippen LogP contribution in [0.25, 0.3) is 0 Å². The fraction of sp³-hybridized carbons (Fsp3) is 0.526. The maximum absolute atomic E-state index is 13.9. The summed E-state index contributed by atoms with van der Waals surface area (Å²) in [4.78, 5) is 38.7. The summed E-state index contributed by atoms with van der Waals surface area (Å²) < 4.78 is 27.2. The van der Waals surface area contributed by atoms with E-state index < -0.39 is 29.4 Å². The minimum absolute atomic E-state index is 0.106. The Hall–Kier alpha value is -2.51. The molecule has 1 N–H and O–H groups in total. The first-order valence-corrected chi connectivity index (χ1v) is 8.99.